The highest BCUT2D eigenvalue weighted by atomic mass is 16.4. The Morgan fingerprint density at radius 2 is 1.75 bits per heavy atom. The zero-order valence-electron chi connectivity index (χ0n) is 7.60. The van der Waals surface area contributed by atoms with E-state index in [2.05, 4.69) is 13.2 Å². The fourth-order valence-electron chi connectivity index (χ4n) is 0.828. The van der Waals surface area contributed by atoms with Crippen LogP contribution in [0, 0.1) is 0 Å². The van der Waals surface area contributed by atoms with Crippen molar-refractivity contribution in [1.29, 1.82) is 0 Å². The first kappa shape index (κ1) is 11.0. The normalized spacial score (nSPS) is 9.42. The molecule has 0 fully saturated rings. The molecular formula is C10H16O2. The lowest BCUT2D eigenvalue weighted by atomic mass is 10.0. The molecule has 0 bridgehead atoms. The molecule has 0 rings (SSSR count). The number of carboxylic acid groups (broad SMARTS) is 1. The highest BCUT2D eigenvalue weighted by Gasteiger charge is 1.98. The quantitative estimate of drug-likeness (QED) is 0.489. The fraction of sp³-hybridized carbons (Fsp3) is 0.500. The van der Waals surface area contributed by atoms with E-state index in [0.29, 0.717) is 0 Å². The van der Waals surface area contributed by atoms with Gasteiger partial charge in [0, 0.05) is 6.42 Å². The maximum atomic E-state index is 10.1. The van der Waals surface area contributed by atoms with E-state index in [1.165, 1.54) is 0 Å². The molecule has 2 heteroatoms. The summed E-state index contributed by atoms with van der Waals surface area (Å²) in [7, 11) is 0. The largest absolute Gasteiger partial charge is 0.481 e. The molecule has 0 aromatic heterocycles. The van der Waals surface area contributed by atoms with Crippen LogP contribution >= 0.6 is 0 Å². The van der Waals surface area contributed by atoms with Gasteiger partial charge in [0.15, 0.2) is 0 Å². The summed E-state index contributed by atoms with van der Waals surface area (Å²) in [4.78, 5) is 10.1. The topological polar surface area (TPSA) is 37.3 Å². The van der Waals surface area contributed by atoms with Crippen molar-refractivity contribution in [1.82, 2.24) is 0 Å². The second-order valence-corrected chi connectivity index (χ2v) is 2.98. The number of unbranched alkanes of at least 4 members (excludes halogenated alkanes) is 1. The molecule has 1 N–H and O–H groups in total. The summed E-state index contributed by atoms with van der Waals surface area (Å²) in [6.07, 6.45) is 2.73. The van der Waals surface area contributed by atoms with Crippen LogP contribution < -0.4 is 0 Å². The smallest absolute Gasteiger partial charge is 0.303 e. The molecule has 0 saturated carbocycles. The van der Waals surface area contributed by atoms with Crippen molar-refractivity contribution >= 4 is 5.97 Å². The highest BCUT2D eigenvalue weighted by molar-refractivity contribution is 5.66. The molecule has 0 aromatic carbocycles. The average molecular weight is 168 g/mol. The second-order valence-electron chi connectivity index (χ2n) is 2.98. The number of hydrogen-bond donors (Lipinski definition) is 1. The van der Waals surface area contributed by atoms with Crippen LogP contribution in [0.4, 0.5) is 0 Å². The SMILES string of the molecule is C=C(C)C(=C)CCCCC(=O)O. The van der Waals surface area contributed by atoms with E-state index < -0.39 is 5.97 Å². The zero-order valence-corrected chi connectivity index (χ0v) is 7.60. The minimum absolute atomic E-state index is 0.253. The van der Waals surface area contributed by atoms with Gasteiger partial charge in [-0.15, -0.1) is 0 Å². The number of hydrogen-bond acceptors (Lipinski definition) is 1. The lowest BCUT2D eigenvalue weighted by Gasteiger charge is -2.02. The predicted octanol–water partition coefficient (Wildman–Crippen LogP) is 2.76. The molecule has 0 amide bonds. The standard InChI is InChI=1S/C10H16O2/c1-8(2)9(3)6-4-5-7-10(11)12/h1,3-7H2,2H3,(H,11,12). The van der Waals surface area contributed by atoms with E-state index in [0.717, 1.165) is 30.4 Å². The first-order valence-electron chi connectivity index (χ1n) is 4.09. The Balaban J connectivity index is 3.38. The van der Waals surface area contributed by atoms with Crippen molar-refractivity contribution < 1.29 is 9.90 Å². The first-order valence-corrected chi connectivity index (χ1v) is 4.09. The molecule has 0 spiro atoms. The summed E-state index contributed by atoms with van der Waals surface area (Å²) in [6, 6.07) is 0. The fourth-order valence-corrected chi connectivity index (χ4v) is 0.828. The van der Waals surface area contributed by atoms with Crippen LogP contribution in [-0.2, 0) is 4.79 Å². The van der Waals surface area contributed by atoms with Gasteiger partial charge in [0.2, 0.25) is 0 Å². The van der Waals surface area contributed by atoms with Gasteiger partial charge >= 0.3 is 5.97 Å². The van der Waals surface area contributed by atoms with Crippen LogP contribution in [-0.4, -0.2) is 11.1 Å². The van der Waals surface area contributed by atoms with Gasteiger partial charge in [-0.2, -0.15) is 0 Å². The highest BCUT2D eigenvalue weighted by Crippen LogP contribution is 2.13. The molecule has 12 heavy (non-hydrogen) atoms. The number of rotatable bonds is 6. The minimum atomic E-state index is -0.726. The molecule has 0 aliphatic heterocycles. The Morgan fingerprint density at radius 1 is 1.25 bits per heavy atom. The zero-order chi connectivity index (χ0) is 9.56. The third kappa shape index (κ3) is 5.71. The Kier molecular flexibility index (Phi) is 5.09. The second kappa shape index (κ2) is 5.58. The van der Waals surface area contributed by atoms with Gasteiger partial charge in [-0.25, -0.2) is 0 Å². The maximum Gasteiger partial charge on any atom is 0.303 e. The molecule has 0 atom stereocenters. The first-order chi connectivity index (χ1) is 5.54. The number of allylic oxidation sites excluding steroid dienone is 2. The lowest BCUT2D eigenvalue weighted by Crippen LogP contribution is -1.94. The van der Waals surface area contributed by atoms with Gasteiger partial charge in [0.25, 0.3) is 0 Å². The summed E-state index contributed by atoms with van der Waals surface area (Å²) in [6.45, 7) is 9.49. The van der Waals surface area contributed by atoms with Gasteiger partial charge in [-0.05, 0) is 26.2 Å². The molecule has 0 radical (unpaired) electrons. The third-order valence-electron chi connectivity index (χ3n) is 1.72. The van der Waals surface area contributed by atoms with Crippen molar-refractivity contribution in [3.8, 4) is 0 Å². The van der Waals surface area contributed by atoms with Gasteiger partial charge in [0.05, 0.1) is 0 Å². The Hall–Kier alpha value is -1.05. The Morgan fingerprint density at radius 3 is 2.17 bits per heavy atom. The monoisotopic (exact) mass is 168 g/mol. The van der Waals surface area contributed by atoms with E-state index in [4.69, 9.17) is 5.11 Å². The number of carbonyl (C=O) groups is 1. The van der Waals surface area contributed by atoms with Crippen LogP contribution in [0.2, 0.25) is 0 Å². The van der Waals surface area contributed by atoms with Crippen molar-refractivity contribution in [3.05, 3.63) is 24.3 Å². The molecule has 0 aliphatic carbocycles. The van der Waals surface area contributed by atoms with Crippen molar-refractivity contribution in [3.63, 3.8) is 0 Å². The summed E-state index contributed by atoms with van der Waals surface area (Å²) < 4.78 is 0. The lowest BCUT2D eigenvalue weighted by molar-refractivity contribution is -0.137. The maximum absolute atomic E-state index is 10.1. The molecule has 0 saturated heterocycles. The average Bonchev–Trinajstić information content (AvgIpc) is 1.97. The van der Waals surface area contributed by atoms with Gasteiger partial charge in [-0.3, -0.25) is 4.79 Å². The van der Waals surface area contributed by atoms with Crippen LogP contribution in [0.3, 0.4) is 0 Å². The van der Waals surface area contributed by atoms with E-state index in [-0.39, 0.29) is 6.42 Å². The van der Waals surface area contributed by atoms with Crippen LogP contribution in [0.25, 0.3) is 0 Å². The molecule has 0 unspecified atom stereocenters. The molecular weight excluding hydrogens is 152 g/mol. The summed E-state index contributed by atoms with van der Waals surface area (Å²) >= 11 is 0. The van der Waals surface area contributed by atoms with Crippen LogP contribution in [0.1, 0.15) is 32.6 Å². The van der Waals surface area contributed by atoms with Crippen molar-refractivity contribution in [2.75, 3.05) is 0 Å². The van der Waals surface area contributed by atoms with Gasteiger partial charge in [-0.1, -0.05) is 24.3 Å². The Bertz CT molecular complexity index is 192. The minimum Gasteiger partial charge on any atom is -0.481 e. The van der Waals surface area contributed by atoms with Crippen molar-refractivity contribution in [2.45, 2.75) is 32.6 Å². The summed E-state index contributed by atoms with van der Waals surface area (Å²) in [5.74, 6) is -0.726. The molecule has 0 aromatic rings. The van der Waals surface area contributed by atoms with E-state index in [1.54, 1.807) is 0 Å². The molecule has 2 nitrogen and oxygen atoms in total. The van der Waals surface area contributed by atoms with Gasteiger partial charge in [0.1, 0.15) is 0 Å². The number of carboxylic acids is 1. The number of aliphatic carboxylic acids is 1. The molecule has 68 valence electrons. The van der Waals surface area contributed by atoms with Crippen molar-refractivity contribution in [2.24, 2.45) is 0 Å². The third-order valence-corrected chi connectivity index (χ3v) is 1.72. The van der Waals surface area contributed by atoms with Crippen LogP contribution in [0.5, 0.6) is 0 Å². The van der Waals surface area contributed by atoms with E-state index >= 15 is 0 Å². The predicted molar refractivity (Wildman–Crippen MR) is 50.1 cm³/mol. The summed E-state index contributed by atoms with van der Waals surface area (Å²) in [5, 5.41) is 8.35. The Labute approximate surface area is 73.6 Å². The van der Waals surface area contributed by atoms with Gasteiger partial charge < -0.3 is 5.11 Å². The summed E-state index contributed by atoms with van der Waals surface area (Å²) in [5.41, 5.74) is 2.02. The van der Waals surface area contributed by atoms with E-state index in [9.17, 15) is 4.79 Å². The molecule has 0 heterocycles. The molecule has 0 aliphatic rings. The van der Waals surface area contributed by atoms with E-state index in [1.807, 2.05) is 6.92 Å². The van der Waals surface area contributed by atoms with Crippen LogP contribution in [0.15, 0.2) is 24.3 Å².